The molecule has 38 heavy (non-hydrogen) atoms. The molecule has 0 saturated carbocycles. The molecule has 0 saturated heterocycles. The Bertz CT molecular complexity index is 1380. The number of nitrogens with one attached hydrogen (secondary N) is 1. The lowest BCUT2D eigenvalue weighted by molar-refractivity contribution is -0.131. The molecule has 0 aliphatic carbocycles. The predicted octanol–water partition coefficient (Wildman–Crippen LogP) is 4.79. The summed E-state index contributed by atoms with van der Waals surface area (Å²) >= 11 is 6.51. The van der Waals surface area contributed by atoms with Gasteiger partial charge in [0.1, 0.15) is 36.4 Å². The van der Waals surface area contributed by atoms with Crippen LogP contribution in [0.15, 0.2) is 67.1 Å². The highest BCUT2D eigenvalue weighted by molar-refractivity contribution is 6.32. The number of anilines is 2. The van der Waals surface area contributed by atoms with Gasteiger partial charge in [-0.05, 0) is 63.5 Å². The van der Waals surface area contributed by atoms with Crippen LogP contribution in [0, 0.1) is 0 Å². The Morgan fingerprint density at radius 3 is 2.61 bits per heavy atom. The minimum Gasteiger partial charge on any atom is -0.488 e. The summed E-state index contributed by atoms with van der Waals surface area (Å²) in [5, 5.41) is 4.52. The van der Waals surface area contributed by atoms with E-state index in [0.717, 1.165) is 22.3 Å². The minimum atomic E-state index is -0.255. The zero-order valence-corrected chi connectivity index (χ0v) is 22.6. The molecule has 0 bridgehead atoms. The molecule has 0 fully saturated rings. The average molecular weight is 535 g/mol. The Balaban J connectivity index is 1.50. The van der Waals surface area contributed by atoms with Crippen molar-refractivity contribution in [3.63, 3.8) is 0 Å². The lowest BCUT2D eigenvalue weighted by Crippen LogP contribution is -2.40. The van der Waals surface area contributed by atoms with E-state index in [0.29, 0.717) is 42.0 Å². The van der Waals surface area contributed by atoms with Gasteiger partial charge < -0.3 is 24.6 Å². The molecule has 0 aliphatic heterocycles. The van der Waals surface area contributed by atoms with E-state index in [-0.39, 0.29) is 12.0 Å². The number of pyridine rings is 1. The van der Waals surface area contributed by atoms with E-state index in [4.69, 9.17) is 21.1 Å². The van der Waals surface area contributed by atoms with Gasteiger partial charge in [0.05, 0.1) is 34.7 Å². The monoisotopic (exact) mass is 534 g/mol. The number of halogens is 1. The molecule has 198 valence electrons. The summed E-state index contributed by atoms with van der Waals surface area (Å²) in [5.41, 5.74) is 2.27. The highest BCUT2D eigenvalue weighted by atomic mass is 35.5. The van der Waals surface area contributed by atoms with Crippen LogP contribution in [0.5, 0.6) is 11.5 Å². The van der Waals surface area contributed by atoms with Gasteiger partial charge in [-0.15, -0.1) is 0 Å². The average Bonchev–Trinajstić information content (AvgIpc) is 2.88. The first-order valence-electron chi connectivity index (χ1n) is 12.2. The first-order chi connectivity index (χ1) is 18.3. The molecule has 1 amide bonds. The topological polar surface area (TPSA) is 92.7 Å². The fourth-order valence-electron chi connectivity index (χ4n) is 3.87. The van der Waals surface area contributed by atoms with Gasteiger partial charge in [0.2, 0.25) is 5.91 Å². The predicted molar refractivity (Wildman–Crippen MR) is 149 cm³/mol. The molecule has 4 rings (SSSR count). The van der Waals surface area contributed by atoms with Crippen LogP contribution < -0.4 is 14.8 Å². The van der Waals surface area contributed by atoms with Crippen molar-refractivity contribution in [2.45, 2.75) is 19.6 Å². The highest BCUT2D eigenvalue weighted by Gasteiger charge is 2.17. The number of nitrogens with zero attached hydrogens (tertiary/aromatic N) is 5. The van der Waals surface area contributed by atoms with Crippen molar-refractivity contribution in [2.75, 3.05) is 39.5 Å². The third kappa shape index (κ3) is 7.08. The van der Waals surface area contributed by atoms with E-state index < -0.39 is 0 Å². The number of hydrogen-bond acceptors (Lipinski definition) is 8. The first kappa shape index (κ1) is 27.1. The van der Waals surface area contributed by atoms with Crippen LogP contribution in [0.1, 0.15) is 12.6 Å². The van der Waals surface area contributed by atoms with Gasteiger partial charge in [0, 0.05) is 18.9 Å². The van der Waals surface area contributed by atoms with Crippen LogP contribution in [-0.4, -0.2) is 71.0 Å². The maximum atomic E-state index is 12.4. The molecule has 2 aromatic carbocycles. The van der Waals surface area contributed by atoms with E-state index >= 15 is 0 Å². The van der Waals surface area contributed by atoms with Crippen LogP contribution in [0.2, 0.25) is 5.02 Å². The second-order valence-electron chi connectivity index (χ2n) is 9.19. The lowest BCUT2D eigenvalue weighted by Gasteiger charge is -2.24. The summed E-state index contributed by atoms with van der Waals surface area (Å²) < 4.78 is 12.1. The van der Waals surface area contributed by atoms with Crippen molar-refractivity contribution in [3.05, 3.63) is 77.8 Å². The van der Waals surface area contributed by atoms with Crippen molar-refractivity contribution >= 4 is 39.9 Å². The molecule has 0 unspecified atom stereocenters. The Hall–Kier alpha value is -3.95. The van der Waals surface area contributed by atoms with Crippen LogP contribution >= 0.6 is 11.6 Å². The number of fused-ring (bicyclic) bond motifs is 1. The number of likely N-dealkylation sites (N-methyl/N-ethyl adjacent to an activating group) is 2. The van der Waals surface area contributed by atoms with E-state index in [2.05, 4.69) is 20.3 Å². The third-order valence-electron chi connectivity index (χ3n) is 5.66. The summed E-state index contributed by atoms with van der Waals surface area (Å²) in [6.45, 7) is 3.03. The Morgan fingerprint density at radius 1 is 1.03 bits per heavy atom. The summed E-state index contributed by atoms with van der Waals surface area (Å²) in [6.07, 6.45) is 2.97. The minimum absolute atomic E-state index is 0.0263. The van der Waals surface area contributed by atoms with Gasteiger partial charge in [0.25, 0.3) is 0 Å². The zero-order valence-electron chi connectivity index (χ0n) is 21.9. The third-order valence-corrected chi connectivity index (χ3v) is 5.95. The Morgan fingerprint density at radius 2 is 1.87 bits per heavy atom. The standard InChI is InChI=1S/C28H31ClN6O3/c1-19(15-35(4)26(36)16-34(2)3)38-25-10-7-9-23-27(25)28(32-18-31-23)33-20-11-12-24(22(29)14-20)37-17-21-8-5-6-13-30-21/h5-14,18-19H,15-17H2,1-4H3,(H,31,32,33)/t19-/m0/s1. The summed E-state index contributed by atoms with van der Waals surface area (Å²) in [5.74, 6) is 1.78. The number of carbonyl (C=O) groups excluding carboxylic acids is 1. The van der Waals surface area contributed by atoms with E-state index in [1.807, 2.05) is 68.4 Å². The molecule has 0 spiro atoms. The second kappa shape index (κ2) is 12.5. The van der Waals surface area contributed by atoms with E-state index in [1.165, 1.54) is 6.33 Å². The number of carbonyl (C=O) groups is 1. The van der Waals surface area contributed by atoms with Gasteiger partial charge in [-0.1, -0.05) is 23.7 Å². The van der Waals surface area contributed by atoms with Crippen molar-refractivity contribution < 1.29 is 14.3 Å². The van der Waals surface area contributed by atoms with Gasteiger partial charge in [-0.25, -0.2) is 9.97 Å². The van der Waals surface area contributed by atoms with Gasteiger partial charge >= 0.3 is 0 Å². The molecule has 4 aromatic rings. The molecular weight excluding hydrogens is 504 g/mol. The molecule has 10 heteroatoms. The van der Waals surface area contributed by atoms with Gasteiger partial charge in [-0.3, -0.25) is 9.78 Å². The molecule has 0 aliphatic rings. The van der Waals surface area contributed by atoms with Crippen LogP contribution in [0.4, 0.5) is 11.5 Å². The molecular formula is C28H31ClN6O3. The van der Waals surface area contributed by atoms with Crippen molar-refractivity contribution in [1.29, 1.82) is 0 Å². The number of benzene rings is 2. The molecule has 9 nitrogen and oxygen atoms in total. The maximum Gasteiger partial charge on any atom is 0.236 e. The number of ether oxygens (including phenoxy) is 2. The van der Waals surface area contributed by atoms with Crippen molar-refractivity contribution in [3.8, 4) is 11.5 Å². The molecule has 2 aromatic heterocycles. The first-order valence-corrected chi connectivity index (χ1v) is 12.6. The highest BCUT2D eigenvalue weighted by Crippen LogP contribution is 2.34. The van der Waals surface area contributed by atoms with Gasteiger partial charge in [-0.2, -0.15) is 0 Å². The molecule has 1 N–H and O–H groups in total. The van der Waals surface area contributed by atoms with E-state index in [9.17, 15) is 4.79 Å². The van der Waals surface area contributed by atoms with Crippen LogP contribution in [0.3, 0.4) is 0 Å². The fraction of sp³-hybridized carbons (Fsp3) is 0.286. The largest absolute Gasteiger partial charge is 0.488 e. The molecule has 1 atom stereocenters. The summed E-state index contributed by atoms with van der Waals surface area (Å²) in [7, 11) is 5.51. The summed E-state index contributed by atoms with van der Waals surface area (Å²) in [4.78, 5) is 29.0. The SMILES string of the molecule is C[C@@H](CN(C)C(=O)CN(C)C)Oc1cccc2ncnc(Nc3ccc(OCc4ccccn4)c(Cl)c3)c12. The number of rotatable bonds is 11. The molecule has 2 heterocycles. The van der Waals surface area contributed by atoms with Crippen molar-refractivity contribution in [1.82, 2.24) is 24.8 Å². The quantitative estimate of drug-likeness (QED) is 0.294. The second-order valence-corrected chi connectivity index (χ2v) is 9.60. The van der Waals surface area contributed by atoms with Crippen LogP contribution in [-0.2, 0) is 11.4 Å². The maximum absolute atomic E-state index is 12.4. The smallest absolute Gasteiger partial charge is 0.236 e. The number of hydrogen-bond donors (Lipinski definition) is 1. The molecule has 0 radical (unpaired) electrons. The normalized spacial score (nSPS) is 11.8. The van der Waals surface area contributed by atoms with Crippen molar-refractivity contribution in [2.24, 2.45) is 0 Å². The Labute approximate surface area is 227 Å². The van der Waals surface area contributed by atoms with E-state index in [1.54, 1.807) is 30.3 Å². The van der Waals surface area contributed by atoms with Crippen LogP contribution in [0.25, 0.3) is 10.9 Å². The Kier molecular flexibility index (Phi) is 8.93. The van der Waals surface area contributed by atoms with Gasteiger partial charge in [0.15, 0.2) is 0 Å². The lowest BCUT2D eigenvalue weighted by atomic mass is 10.2. The fourth-order valence-corrected chi connectivity index (χ4v) is 4.11. The summed E-state index contributed by atoms with van der Waals surface area (Å²) in [6, 6.07) is 16.8. The number of aromatic nitrogens is 3. The number of amides is 1. The zero-order chi connectivity index (χ0) is 27.1.